The molecule has 0 radical (unpaired) electrons. The number of carbonyl (C=O) groups is 1. The zero-order valence-corrected chi connectivity index (χ0v) is 13.7. The second kappa shape index (κ2) is 6.86. The Kier molecular flexibility index (Phi) is 4.65. The average molecular weight is 313 g/mol. The quantitative estimate of drug-likeness (QED) is 0.923. The summed E-state index contributed by atoms with van der Waals surface area (Å²) in [5, 5.41) is 7.51. The molecule has 1 aromatic carbocycles. The first-order chi connectivity index (χ1) is 11.1. The number of amides is 1. The largest absolute Gasteiger partial charge is 0.463 e. The second-order valence-corrected chi connectivity index (χ2v) is 6.15. The Morgan fingerprint density at radius 3 is 2.70 bits per heavy atom. The molecule has 23 heavy (non-hydrogen) atoms. The topological polar surface area (TPSA) is 56.2 Å². The van der Waals surface area contributed by atoms with E-state index >= 15 is 0 Å². The number of hydrogen-bond donors (Lipinski definition) is 1. The predicted molar refractivity (Wildman–Crippen MR) is 88.8 cm³/mol. The van der Waals surface area contributed by atoms with Gasteiger partial charge in [-0.2, -0.15) is 0 Å². The van der Waals surface area contributed by atoms with E-state index in [4.69, 9.17) is 4.74 Å². The molecule has 1 heterocycles. The Morgan fingerprint density at radius 1 is 1.30 bits per heavy atom. The van der Waals surface area contributed by atoms with Crippen LogP contribution in [-0.4, -0.2) is 27.8 Å². The van der Waals surface area contributed by atoms with E-state index in [-0.39, 0.29) is 5.91 Å². The van der Waals surface area contributed by atoms with Crippen molar-refractivity contribution in [1.82, 2.24) is 15.1 Å². The number of nitrogens with zero attached hydrogens (tertiary/aromatic N) is 2. The van der Waals surface area contributed by atoms with Gasteiger partial charge < -0.3 is 10.1 Å². The SMILES string of the molecule is Cc1cn(-c2ccccc2)nc1OC(C)C(=O)NC1CCCC1. The molecule has 1 fully saturated rings. The van der Waals surface area contributed by atoms with Crippen molar-refractivity contribution in [2.45, 2.75) is 51.7 Å². The summed E-state index contributed by atoms with van der Waals surface area (Å²) in [4.78, 5) is 12.2. The van der Waals surface area contributed by atoms with Crippen molar-refractivity contribution in [3.8, 4) is 11.6 Å². The average Bonchev–Trinajstić information content (AvgIpc) is 3.18. The van der Waals surface area contributed by atoms with Gasteiger partial charge in [-0.3, -0.25) is 4.79 Å². The fourth-order valence-corrected chi connectivity index (χ4v) is 2.88. The number of aromatic nitrogens is 2. The van der Waals surface area contributed by atoms with Crippen LogP contribution in [0.5, 0.6) is 5.88 Å². The van der Waals surface area contributed by atoms with Gasteiger partial charge in [0.15, 0.2) is 6.10 Å². The van der Waals surface area contributed by atoms with Gasteiger partial charge in [0, 0.05) is 17.8 Å². The molecule has 1 unspecified atom stereocenters. The third kappa shape index (κ3) is 3.73. The smallest absolute Gasteiger partial charge is 0.261 e. The molecule has 0 spiro atoms. The highest BCUT2D eigenvalue weighted by Crippen LogP contribution is 2.20. The number of rotatable bonds is 5. The van der Waals surface area contributed by atoms with Crippen LogP contribution in [0.2, 0.25) is 0 Å². The summed E-state index contributed by atoms with van der Waals surface area (Å²) in [6.07, 6.45) is 5.89. The fraction of sp³-hybridized carbons (Fsp3) is 0.444. The maximum absolute atomic E-state index is 12.2. The van der Waals surface area contributed by atoms with Gasteiger partial charge in [-0.05, 0) is 38.8 Å². The molecular weight excluding hydrogens is 290 g/mol. The third-order valence-electron chi connectivity index (χ3n) is 4.23. The summed E-state index contributed by atoms with van der Waals surface area (Å²) in [7, 11) is 0. The summed E-state index contributed by atoms with van der Waals surface area (Å²) in [6.45, 7) is 3.70. The molecule has 1 N–H and O–H groups in total. The lowest BCUT2D eigenvalue weighted by atomic mass is 10.2. The van der Waals surface area contributed by atoms with Crippen LogP contribution in [0.4, 0.5) is 0 Å². The summed E-state index contributed by atoms with van der Waals surface area (Å²) < 4.78 is 7.55. The zero-order valence-electron chi connectivity index (χ0n) is 13.7. The normalized spacial score (nSPS) is 16.3. The molecule has 3 rings (SSSR count). The van der Waals surface area contributed by atoms with Crippen molar-refractivity contribution in [2.75, 3.05) is 0 Å². The van der Waals surface area contributed by atoms with Crippen molar-refractivity contribution in [3.05, 3.63) is 42.1 Å². The number of hydrogen-bond acceptors (Lipinski definition) is 3. The van der Waals surface area contributed by atoms with E-state index in [2.05, 4.69) is 10.4 Å². The van der Waals surface area contributed by atoms with Crippen LogP contribution in [0.15, 0.2) is 36.5 Å². The maximum Gasteiger partial charge on any atom is 0.261 e. The Labute approximate surface area is 136 Å². The number of carbonyl (C=O) groups excluding carboxylic acids is 1. The highest BCUT2D eigenvalue weighted by molar-refractivity contribution is 5.81. The van der Waals surface area contributed by atoms with Crippen LogP contribution >= 0.6 is 0 Å². The Balaban J connectivity index is 1.65. The van der Waals surface area contributed by atoms with Crippen LogP contribution in [0.1, 0.15) is 38.2 Å². The molecule has 1 aliphatic carbocycles. The first kappa shape index (κ1) is 15.6. The molecule has 0 bridgehead atoms. The highest BCUT2D eigenvalue weighted by Gasteiger charge is 2.22. The van der Waals surface area contributed by atoms with Gasteiger partial charge in [0.1, 0.15) is 0 Å². The van der Waals surface area contributed by atoms with Crippen molar-refractivity contribution in [1.29, 1.82) is 0 Å². The summed E-state index contributed by atoms with van der Waals surface area (Å²) in [5.74, 6) is 0.438. The molecule has 1 aliphatic rings. The van der Waals surface area contributed by atoms with Gasteiger partial charge in [0.05, 0.1) is 5.69 Å². The van der Waals surface area contributed by atoms with Gasteiger partial charge in [0.2, 0.25) is 5.88 Å². The lowest BCUT2D eigenvalue weighted by molar-refractivity contribution is -0.128. The minimum Gasteiger partial charge on any atom is -0.463 e. The van der Waals surface area contributed by atoms with Crippen LogP contribution in [0.3, 0.4) is 0 Å². The maximum atomic E-state index is 12.2. The van der Waals surface area contributed by atoms with Crippen molar-refractivity contribution >= 4 is 5.91 Å². The summed E-state index contributed by atoms with van der Waals surface area (Å²) in [5.41, 5.74) is 1.88. The number of ether oxygens (including phenoxy) is 1. The first-order valence-electron chi connectivity index (χ1n) is 8.22. The molecule has 1 amide bonds. The monoisotopic (exact) mass is 313 g/mol. The van der Waals surface area contributed by atoms with E-state index in [0.717, 1.165) is 24.1 Å². The van der Waals surface area contributed by atoms with E-state index < -0.39 is 6.10 Å². The van der Waals surface area contributed by atoms with Crippen LogP contribution in [0.25, 0.3) is 5.69 Å². The molecular formula is C18H23N3O2. The number of benzene rings is 1. The lowest BCUT2D eigenvalue weighted by Gasteiger charge is -2.17. The first-order valence-corrected chi connectivity index (χ1v) is 8.22. The standard InChI is InChI=1S/C18H23N3O2/c1-13-12-21(16-10-4-3-5-11-16)20-18(13)23-14(2)17(22)19-15-8-6-7-9-15/h3-5,10-12,14-15H,6-9H2,1-2H3,(H,19,22). The van der Waals surface area contributed by atoms with Crippen molar-refractivity contribution < 1.29 is 9.53 Å². The Morgan fingerprint density at radius 2 is 2.00 bits per heavy atom. The zero-order chi connectivity index (χ0) is 16.2. The summed E-state index contributed by atoms with van der Waals surface area (Å²) >= 11 is 0. The highest BCUT2D eigenvalue weighted by atomic mass is 16.5. The molecule has 2 aromatic rings. The minimum absolute atomic E-state index is 0.0643. The summed E-state index contributed by atoms with van der Waals surface area (Å²) in [6, 6.07) is 10.2. The third-order valence-corrected chi connectivity index (χ3v) is 4.23. The predicted octanol–water partition coefficient (Wildman–Crippen LogP) is 3.01. The molecule has 0 saturated heterocycles. The van der Waals surface area contributed by atoms with E-state index in [1.54, 1.807) is 11.6 Å². The molecule has 122 valence electrons. The van der Waals surface area contributed by atoms with Gasteiger partial charge in [0.25, 0.3) is 5.91 Å². The van der Waals surface area contributed by atoms with Crippen LogP contribution in [0, 0.1) is 6.92 Å². The number of para-hydroxylation sites is 1. The van der Waals surface area contributed by atoms with Crippen LogP contribution < -0.4 is 10.1 Å². The molecule has 5 nitrogen and oxygen atoms in total. The fourth-order valence-electron chi connectivity index (χ4n) is 2.88. The van der Waals surface area contributed by atoms with E-state index in [0.29, 0.717) is 11.9 Å². The Hall–Kier alpha value is -2.30. The van der Waals surface area contributed by atoms with E-state index in [1.807, 2.05) is 43.5 Å². The van der Waals surface area contributed by atoms with E-state index in [1.165, 1.54) is 12.8 Å². The van der Waals surface area contributed by atoms with Gasteiger partial charge in [-0.15, -0.1) is 5.10 Å². The van der Waals surface area contributed by atoms with Crippen LogP contribution in [-0.2, 0) is 4.79 Å². The van der Waals surface area contributed by atoms with Gasteiger partial charge in [-0.25, -0.2) is 4.68 Å². The minimum atomic E-state index is -0.548. The molecule has 1 atom stereocenters. The second-order valence-electron chi connectivity index (χ2n) is 6.15. The van der Waals surface area contributed by atoms with Gasteiger partial charge >= 0.3 is 0 Å². The number of aryl methyl sites for hydroxylation is 1. The lowest BCUT2D eigenvalue weighted by Crippen LogP contribution is -2.41. The number of nitrogens with one attached hydrogen (secondary N) is 1. The van der Waals surface area contributed by atoms with Crippen molar-refractivity contribution in [3.63, 3.8) is 0 Å². The van der Waals surface area contributed by atoms with E-state index in [9.17, 15) is 4.79 Å². The molecule has 1 saturated carbocycles. The Bertz CT molecular complexity index is 660. The van der Waals surface area contributed by atoms with Gasteiger partial charge in [-0.1, -0.05) is 31.0 Å². The van der Waals surface area contributed by atoms with Crippen molar-refractivity contribution in [2.24, 2.45) is 0 Å². The molecule has 1 aromatic heterocycles. The molecule has 5 heteroatoms. The molecule has 0 aliphatic heterocycles.